The minimum atomic E-state index is 0. The van der Waals surface area contributed by atoms with Gasteiger partial charge in [-0.25, -0.2) is 0 Å². The van der Waals surface area contributed by atoms with E-state index < -0.39 is 0 Å². The Morgan fingerprint density at radius 2 is 2.15 bits per heavy atom. The summed E-state index contributed by atoms with van der Waals surface area (Å²) in [7, 11) is 0. The Morgan fingerprint density at radius 3 is 2.69 bits per heavy atom. The first-order valence-corrected chi connectivity index (χ1v) is 4.00. The lowest BCUT2D eigenvalue weighted by Gasteiger charge is -1.92. The van der Waals surface area contributed by atoms with Crippen molar-refractivity contribution >= 4 is 24.8 Å². The van der Waals surface area contributed by atoms with Crippen molar-refractivity contribution in [2.24, 2.45) is 5.73 Å². The summed E-state index contributed by atoms with van der Waals surface area (Å²) in [6.07, 6.45) is 4.56. The van der Waals surface area contributed by atoms with E-state index in [4.69, 9.17) is 5.73 Å². The van der Waals surface area contributed by atoms with E-state index in [1.54, 1.807) is 0 Å². The van der Waals surface area contributed by atoms with Gasteiger partial charge in [0.25, 0.3) is 0 Å². The summed E-state index contributed by atoms with van der Waals surface area (Å²) in [5.74, 6) is 0.696. The number of nitrogens with zero attached hydrogens (tertiary/aromatic N) is 3. The van der Waals surface area contributed by atoms with Crippen molar-refractivity contribution in [3.8, 4) is 0 Å². The first-order chi connectivity index (χ1) is 5.40. The van der Waals surface area contributed by atoms with E-state index >= 15 is 0 Å². The quantitative estimate of drug-likeness (QED) is 0.833. The van der Waals surface area contributed by atoms with Gasteiger partial charge in [-0.15, -0.1) is 29.9 Å². The highest BCUT2D eigenvalue weighted by Gasteiger charge is 2.26. The van der Waals surface area contributed by atoms with Gasteiger partial charge in [0.1, 0.15) is 0 Å². The number of aromatic nitrogens is 3. The molecule has 6 heteroatoms. The summed E-state index contributed by atoms with van der Waals surface area (Å²) in [5.41, 5.74) is 6.51. The van der Waals surface area contributed by atoms with E-state index in [0.29, 0.717) is 12.5 Å². The Labute approximate surface area is 89.7 Å². The zero-order valence-corrected chi connectivity index (χ0v) is 8.85. The van der Waals surface area contributed by atoms with Crippen molar-refractivity contribution in [3.05, 3.63) is 11.9 Å². The molecule has 0 spiro atoms. The number of halogens is 2. The van der Waals surface area contributed by atoms with Gasteiger partial charge in [0.2, 0.25) is 0 Å². The summed E-state index contributed by atoms with van der Waals surface area (Å²) in [6, 6.07) is 0. The van der Waals surface area contributed by atoms with Crippen LogP contribution in [0.2, 0.25) is 0 Å². The first kappa shape index (κ1) is 12.7. The normalized spacial score (nSPS) is 14.5. The summed E-state index contributed by atoms with van der Waals surface area (Å²) in [6.45, 7) is 1.41. The van der Waals surface area contributed by atoms with Crippen LogP contribution in [0, 0.1) is 0 Å². The fourth-order valence-electron chi connectivity index (χ4n) is 1.12. The largest absolute Gasteiger partial charge is 0.329 e. The molecule has 1 aliphatic rings. The maximum absolute atomic E-state index is 5.37. The maximum Gasteiger partial charge on any atom is 0.0857 e. The lowest BCUT2D eigenvalue weighted by molar-refractivity contribution is 0.598. The van der Waals surface area contributed by atoms with Crippen LogP contribution in [0.15, 0.2) is 6.20 Å². The van der Waals surface area contributed by atoms with Gasteiger partial charge in [-0.2, -0.15) is 0 Å². The Bertz CT molecular complexity index is 246. The molecule has 0 unspecified atom stereocenters. The van der Waals surface area contributed by atoms with Crippen LogP contribution in [-0.4, -0.2) is 21.5 Å². The summed E-state index contributed by atoms with van der Waals surface area (Å²) in [5, 5.41) is 8.01. The highest BCUT2D eigenvalue weighted by Crippen LogP contribution is 2.38. The van der Waals surface area contributed by atoms with Crippen LogP contribution < -0.4 is 5.73 Å². The molecule has 1 heterocycles. The molecule has 76 valence electrons. The minimum Gasteiger partial charge on any atom is -0.329 e. The molecule has 0 amide bonds. The van der Waals surface area contributed by atoms with Crippen LogP contribution in [0.3, 0.4) is 0 Å². The molecule has 0 aliphatic heterocycles. The molecular weight excluding hydrogens is 211 g/mol. The van der Waals surface area contributed by atoms with E-state index in [1.807, 2.05) is 10.9 Å². The Kier molecular flexibility index (Phi) is 5.29. The van der Waals surface area contributed by atoms with Crippen LogP contribution in [0.5, 0.6) is 0 Å². The standard InChI is InChI=1S/C7H12N4.2ClH/c8-3-4-11-5-7(9-10-11)6-1-2-6;;/h5-6H,1-4,8H2;2*1H. The second kappa shape index (κ2) is 5.42. The molecule has 2 rings (SSSR count). The molecule has 1 fully saturated rings. The van der Waals surface area contributed by atoms with Gasteiger partial charge in [-0.3, -0.25) is 4.68 Å². The van der Waals surface area contributed by atoms with Gasteiger partial charge >= 0.3 is 0 Å². The molecule has 1 aromatic rings. The Hall–Kier alpha value is -0.320. The number of hydrogen-bond acceptors (Lipinski definition) is 3. The van der Waals surface area contributed by atoms with E-state index in [9.17, 15) is 0 Å². The molecule has 1 aromatic heterocycles. The molecule has 1 saturated carbocycles. The monoisotopic (exact) mass is 224 g/mol. The fourth-order valence-corrected chi connectivity index (χ4v) is 1.12. The van der Waals surface area contributed by atoms with Gasteiger partial charge < -0.3 is 5.73 Å². The second-order valence-electron chi connectivity index (χ2n) is 2.97. The average molecular weight is 225 g/mol. The second-order valence-corrected chi connectivity index (χ2v) is 2.97. The zero-order chi connectivity index (χ0) is 7.68. The van der Waals surface area contributed by atoms with Gasteiger partial charge in [0.15, 0.2) is 0 Å². The van der Waals surface area contributed by atoms with Crippen LogP contribution in [0.4, 0.5) is 0 Å². The lowest BCUT2D eigenvalue weighted by Crippen LogP contribution is -2.10. The molecule has 0 radical (unpaired) electrons. The third-order valence-corrected chi connectivity index (χ3v) is 1.91. The summed E-state index contributed by atoms with van der Waals surface area (Å²) < 4.78 is 1.81. The maximum atomic E-state index is 5.37. The van der Waals surface area contributed by atoms with E-state index in [2.05, 4.69) is 10.3 Å². The third kappa shape index (κ3) is 3.14. The molecule has 0 saturated heterocycles. The van der Waals surface area contributed by atoms with Gasteiger partial charge in [-0.05, 0) is 12.8 Å². The fraction of sp³-hybridized carbons (Fsp3) is 0.714. The molecule has 0 atom stereocenters. The van der Waals surface area contributed by atoms with Crippen molar-refractivity contribution in [3.63, 3.8) is 0 Å². The molecular formula is C7H14Cl2N4. The molecule has 4 nitrogen and oxygen atoms in total. The lowest BCUT2D eigenvalue weighted by atomic mass is 10.3. The van der Waals surface area contributed by atoms with Gasteiger partial charge in [0.05, 0.1) is 12.2 Å². The number of hydrogen-bond donors (Lipinski definition) is 1. The van der Waals surface area contributed by atoms with Crippen LogP contribution in [0.1, 0.15) is 24.5 Å². The predicted molar refractivity (Wildman–Crippen MR) is 55.5 cm³/mol. The van der Waals surface area contributed by atoms with Crippen LogP contribution >= 0.6 is 24.8 Å². The highest BCUT2D eigenvalue weighted by molar-refractivity contribution is 5.85. The third-order valence-electron chi connectivity index (χ3n) is 1.91. The van der Waals surface area contributed by atoms with E-state index in [0.717, 1.165) is 12.2 Å². The van der Waals surface area contributed by atoms with Crippen molar-refractivity contribution < 1.29 is 0 Å². The predicted octanol–water partition coefficient (Wildman–Crippen LogP) is 0.958. The van der Waals surface area contributed by atoms with Crippen molar-refractivity contribution in [1.82, 2.24) is 15.0 Å². The van der Waals surface area contributed by atoms with Crippen molar-refractivity contribution in [1.29, 1.82) is 0 Å². The molecule has 0 bridgehead atoms. The minimum absolute atomic E-state index is 0. The van der Waals surface area contributed by atoms with Gasteiger partial charge in [0, 0.05) is 18.7 Å². The van der Waals surface area contributed by atoms with Gasteiger partial charge in [-0.1, -0.05) is 5.21 Å². The summed E-state index contributed by atoms with van der Waals surface area (Å²) in [4.78, 5) is 0. The van der Waals surface area contributed by atoms with Crippen LogP contribution in [-0.2, 0) is 6.54 Å². The zero-order valence-electron chi connectivity index (χ0n) is 7.22. The average Bonchev–Trinajstić information content (AvgIpc) is 2.75. The highest BCUT2D eigenvalue weighted by atomic mass is 35.5. The number of rotatable bonds is 3. The molecule has 1 aliphatic carbocycles. The molecule has 0 aromatic carbocycles. The molecule has 13 heavy (non-hydrogen) atoms. The topological polar surface area (TPSA) is 56.7 Å². The summed E-state index contributed by atoms with van der Waals surface area (Å²) >= 11 is 0. The SMILES string of the molecule is Cl.Cl.NCCn1cc(C2CC2)nn1. The van der Waals surface area contributed by atoms with E-state index in [-0.39, 0.29) is 24.8 Å². The number of nitrogens with two attached hydrogens (primary N) is 1. The molecule has 2 N–H and O–H groups in total. The first-order valence-electron chi connectivity index (χ1n) is 4.00. The smallest absolute Gasteiger partial charge is 0.0857 e. The van der Waals surface area contributed by atoms with Crippen LogP contribution in [0.25, 0.3) is 0 Å². The Morgan fingerprint density at radius 1 is 1.46 bits per heavy atom. The van der Waals surface area contributed by atoms with Crippen molar-refractivity contribution in [2.45, 2.75) is 25.3 Å². The van der Waals surface area contributed by atoms with Crippen molar-refractivity contribution in [2.75, 3.05) is 6.54 Å². The Balaban J connectivity index is 0.000000720. The van der Waals surface area contributed by atoms with E-state index in [1.165, 1.54) is 12.8 Å².